The van der Waals surface area contributed by atoms with Crippen LogP contribution in [-0.2, 0) is 0 Å². The fraction of sp³-hybridized carbons (Fsp3) is 0.632. The van der Waals surface area contributed by atoms with Gasteiger partial charge in [0.2, 0.25) is 0 Å². The van der Waals surface area contributed by atoms with Gasteiger partial charge < -0.3 is 30.3 Å². The predicted molar refractivity (Wildman–Crippen MR) is 121 cm³/mol. The third-order valence-electron chi connectivity index (χ3n) is 4.78. The largest absolute Gasteiger partial charge is 0.490 e. The van der Waals surface area contributed by atoms with Crippen molar-refractivity contribution in [1.29, 1.82) is 0 Å². The number of unbranched alkanes of at least 4 members (excludes halogenated alkanes) is 1. The van der Waals surface area contributed by atoms with Crippen LogP contribution in [0.25, 0.3) is 0 Å². The van der Waals surface area contributed by atoms with Crippen LogP contribution in [0.2, 0.25) is 0 Å². The second-order valence-corrected chi connectivity index (χ2v) is 6.96. The number of hydrogen-bond donors (Lipinski definition) is 2. The van der Waals surface area contributed by atoms with E-state index < -0.39 is 0 Å². The molecule has 0 aromatic heterocycles. The van der Waals surface area contributed by atoms with Gasteiger partial charge >= 0.3 is 0 Å². The Hall–Kier alpha value is -1.26. The minimum absolute atomic E-state index is 0. The number of aliphatic imine (C=N–C) groups is 1. The normalized spacial score (nSPS) is 18.5. The van der Waals surface area contributed by atoms with E-state index >= 15 is 0 Å². The maximum atomic E-state index is 6.00. The lowest BCUT2D eigenvalue weighted by Crippen LogP contribution is -2.44. The van der Waals surface area contributed by atoms with Crippen LogP contribution in [0, 0.1) is 0 Å². The Balaban J connectivity index is 0.00000261. The van der Waals surface area contributed by atoms with Crippen LogP contribution in [-0.4, -0.2) is 75.3 Å². The fourth-order valence-corrected chi connectivity index (χ4v) is 3.15. The molecule has 1 fully saturated rings. The Morgan fingerprint density at radius 3 is 2.63 bits per heavy atom. The Bertz CT molecular complexity index is 606. The zero-order valence-electron chi connectivity index (χ0n) is 16.2. The number of rotatable bonds is 6. The minimum Gasteiger partial charge on any atom is -0.490 e. The van der Waals surface area contributed by atoms with Crippen molar-refractivity contribution < 1.29 is 9.47 Å². The quantitative estimate of drug-likeness (QED) is 0.276. The molecule has 1 aromatic rings. The SMILES string of the molecule is CN1CCN(CCCCN=C(N)Nc2ccc3c(c2)OCCCO3)CC1.I. The summed E-state index contributed by atoms with van der Waals surface area (Å²) in [7, 11) is 2.19. The smallest absolute Gasteiger partial charge is 0.193 e. The van der Waals surface area contributed by atoms with Gasteiger partial charge in [0.05, 0.1) is 13.2 Å². The number of likely N-dealkylation sites (N-methyl/N-ethyl adjacent to an activating group) is 1. The average molecular weight is 489 g/mol. The van der Waals surface area contributed by atoms with Gasteiger partial charge in [-0.25, -0.2) is 0 Å². The Morgan fingerprint density at radius 2 is 1.85 bits per heavy atom. The number of nitrogens with one attached hydrogen (secondary N) is 1. The highest BCUT2D eigenvalue weighted by atomic mass is 127. The van der Waals surface area contributed by atoms with Gasteiger partial charge in [-0.2, -0.15) is 0 Å². The van der Waals surface area contributed by atoms with Crippen LogP contribution in [0.4, 0.5) is 5.69 Å². The second kappa shape index (κ2) is 11.6. The van der Waals surface area contributed by atoms with Gasteiger partial charge in [0.1, 0.15) is 0 Å². The van der Waals surface area contributed by atoms with E-state index in [-0.39, 0.29) is 24.0 Å². The standard InChI is InChI=1S/C19H31N5O2.HI/c1-23-9-11-24(12-10-23)8-3-2-7-21-19(20)22-16-5-6-17-18(15-16)26-14-4-13-25-17;/h5-6,15H,2-4,7-14H2,1H3,(H3,20,21,22);1H. The molecule has 3 rings (SSSR count). The van der Waals surface area contributed by atoms with Crippen molar-refractivity contribution >= 4 is 35.6 Å². The summed E-state index contributed by atoms with van der Waals surface area (Å²) in [5.41, 5.74) is 6.87. The number of fused-ring (bicyclic) bond motifs is 1. The van der Waals surface area contributed by atoms with Crippen molar-refractivity contribution in [3.05, 3.63) is 18.2 Å². The molecule has 8 heteroatoms. The van der Waals surface area contributed by atoms with Gasteiger partial charge in [-0.05, 0) is 38.6 Å². The molecular formula is C19H32IN5O2. The number of anilines is 1. The first-order chi connectivity index (χ1) is 12.7. The number of piperazine rings is 1. The number of ether oxygens (including phenoxy) is 2. The van der Waals surface area contributed by atoms with Crippen LogP contribution in [0.1, 0.15) is 19.3 Å². The summed E-state index contributed by atoms with van der Waals surface area (Å²) in [6, 6.07) is 5.76. The maximum absolute atomic E-state index is 6.00. The highest BCUT2D eigenvalue weighted by molar-refractivity contribution is 14.0. The number of benzene rings is 1. The lowest BCUT2D eigenvalue weighted by Gasteiger charge is -2.32. The lowest BCUT2D eigenvalue weighted by atomic mass is 10.2. The molecule has 0 spiro atoms. The lowest BCUT2D eigenvalue weighted by molar-refractivity contribution is 0.152. The van der Waals surface area contributed by atoms with Gasteiger partial charge in [-0.15, -0.1) is 24.0 Å². The average Bonchev–Trinajstić information content (AvgIpc) is 2.88. The molecule has 0 amide bonds. The van der Waals surface area contributed by atoms with Crippen molar-refractivity contribution in [2.45, 2.75) is 19.3 Å². The van der Waals surface area contributed by atoms with E-state index in [9.17, 15) is 0 Å². The topological polar surface area (TPSA) is 75.4 Å². The molecule has 0 bridgehead atoms. The number of hydrogen-bond acceptors (Lipinski definition) is 5. The first-order valence-corrected chi connectivity index (χ1v) is 9.58. The van der Waals surface area contributed by atoms with E-state index in [4.69, 9.17) is 15.2 Å². The maximum Gasteiger partial charge on any atom is 0.193 e. The Morgan fingerprint density at radius 1 is 1.11 bits per heavy atom. The summed E-state index contributed by atoms with van der Waals surface area (Å²) in [6.45, 7) is 7.96. The zero-order valence-corrected chi connectivity index (χ0v) is 18.5. The molecule has 3 N–H and O–H groups in total. The molecule has 2 aliphatic rings. The third kappa shape index (κ3) is 7.34. The molecule has 0 aliphatic carbocycles. The van der Waals surface area contributed by atoms with E-state index in [0.717, 1.165) is 49.5 Å². The molecule has 0 atom stereocenters. The van der Waals surface area contributed by atoms with Crippen molar-refractivity contribution in [2.75, 3.05) is 64.8 Å². The molecule has 0 unspecified atom stereocenters. The highest BCUT2D eigenvalue weighted by Gasteiger charge is 2.13. The third-order valence-corrected chi connectivity index (χ3v) is 4.78. The minimum atomic E-state index is 0. The van der Waals surface area contributed by atoms with E-state index in [1.807, 2.05) is 18.2 Å². The summed E-state index contributed by atoms with van der Waals surface area (Å²) in [4.78, 5) is 9.34. The number of nitrogens with zero attached hydrogens (tertiary/aromatic N) is 3. The van der Waals surface area contributed by atoms with Crippen LogP contribution in [0.5, 0.6) is 11.5 Å². The van der Waals surface area contributed by atoms with Crippen molar-refractivity contribution in [3.8, 4) is 11.5 Å². The van der Waals surface area contributed by atoms with Gasteiger partial charge in [0, 0.05) is 50.9 Å². The number of guanidine groups is 1. The van der Waals surface area contributed by atoms with E-state index in [1.165, 1.54) is 26.2 Å². The molecule has 2 aliphatic heterocycles. The van der Waals surface area contributed by atoms with Gasteiger partial charge in [-0.3, -0.25) is 4.99 Å². The van der Waals surface area contributed by atoms with Crippen LogP contribution < -0.4 is 20.5 Å². The molecule has 0 radical (unpaired) electrons. The van der Waals surface area contributed by atoms with Crippen LogP contribution >= 0.6 is 24.0 Å². The predicted octanol–water partition coefficient (Wildman–Crippen LogP) is 2.22. The van der Waals surface area contributed by atoms with Crippen molar-refractivity contribution in [2.24, 2.45) is 10.7 Å². The van der Waals surface area contributed by atoms with E-state index in [2.05, 4.69) is 27.2 Å². The number of nitrogens with two attached hydrogens (primary N) is 1. The van der Waals surface area contributed by atoms with Crippen LogP contribution in [0.15, 0.2) is 23.2 Å². The molecule has 1 saturated heterocycles. The first kappa shape index (κ1) is 22.0. The zero-order chi connectivity index (χ0) is 18.2. The van der Waals surface area contributed by atoms with Crippen molar-refractivity contribution in [1.82, 2.24) is 9.80 Å². The van der Waals surface area contributed by atoms with Crippen molar-refractivity contribution in [3.63, 3.8) is 0 Å². The Labute approximate surface area is 179 Å². The number of halogens is 1. The molecule has 7 nitrogen and oxygen atoms in total. The molecule has 0 saturated carbocycles. The molecule has 2 heterocycles. The molecule has 152 valence electrons. The van der Waals surface area contributed by atoms with E-state index in [1.54, 1.807) is 0 Å². The summed E-state index contributed by atoms with van der Waals surface area (Å²) >= 11 is 0. The molecular weight excluding hydrogens is 457 g/mol. The summed E-state index contributed by atoms with van der Waals surface area (Å²) in [5, 5.41) is 3.13. The summed E-state index contributed by atoms with van der Waals surface area (Å²) in [5.74, 6) is 1.99. The highest BCUT2D eigenvalue weighted by Crippen LogP contribution is 2.32. The van der Waals surface area contributed by atoms with Gasteiger partial charge in [0.25, 0.3) is 0 Å². The molecule has 1 aromatic carbocycles. The van der Waals surface area contributed by atoms with Gasteiger partial charge in [-0.1, -0.05) is 0 Å². The first-order valence-electron chi connectivity index (χ1n) is 9.58. The molecule has 27 heavy (non-hydrogen) atoms. The monoisotopic (exact) mass is 489 g/mol. The van der Waals surface area contributed by atoms with Gasteiger partial charge in [0.15, 0.2) is 17.5 Å². The summed E-state index contributed by atoms with van der Waals surface area (Å²) < 4.78 is 11.3. The Kier molecular flexibility index (Phi) is 9.43. The van der Waals surface area contributed by atoms with Crippen LogP contribution in [0.3, 0.4) is 0 Å². The fourth-order valence-electron chi connectivity index (χ4n) is 3.15. The van der Waals surface area contributed by atoms with E-state index in [0.29, 0.717) is 19.2 Å². The second-order valence-electron chi connectivity index (χ2n) is 6.96. The summed E-state index contributed by atoms with van der Waals surface area (Å²) in [6.07, 6.45) is 3.11.